The predicted molar refractivity (Wildman–Crippen MR) is 131 cm³/mol. The van der Waals surface area contributed by atoms with Gasteiger partial charge in [0.1, 0.15) is 5.75 Å². The molecule has 1 amide bonds. The molecule has 7 heteroatoms. The molecule has 3 aromatic rings. The van der Waals surface area contributed by atoms with E-state index in [4.69, 9.17) is 10.8 Å². The van der Waals surface area contributed by atoms with E-state index in [9.17, 15) is 9.90 Å². The van der Waals surface area contributed by atoms with Crippen LogP contribution in [0.2, 0.25) is 0 Å². The highest BCUT2D eigenvalue weighted by molar-refractivity contribution is 8.09. The van der Waals surface area contributed by atoms with Crippen molar-refractivity contribution in [1.82, 2.24) is 9.99 Å². The molecule has 2 unspecified atom stereocenters. The number of nitrogens with two attached hydrogens (primary N) is 1. The molecule has 2 atom stereocenters. The molecule has 0 fully saturated rings. The van der Waals surface area contributed by atoms with E-state index >= 15 is 0 Å². The first-order valence-corrected chi connectivity index (χ1v) is 11.8. The lowest BCUT2D eigenvalue weighted by molar-refractivity contribution is -0.132. The Morgan fingerprint density at radius 1 is 1.12 bits per heavy atom. The van der Waals surface area contributed by atoms with Crippen LogP contribution >= 0.6 is 11.8 Å². The normalized spacial score (nSPS) is 20.0. The van der Waals surface area contributed by atoms with E-state index in [1.807, 2.05) is 42.5 Å². The molecule has 0 spiro atoms. The summed E-state index contributed by atoms with van der Waals surface area (Å²) >= 11 is 1.56. The second-order valence-corrected chi connectivity index (χ2v) is 9.31. The number of hydrogen-bond donors (Lipinski definition) is 2. The summed E-state index contributed by atoms with van der Waals surface area (Å²) < 4.78 is 0. The number of phenolic OH excluding ortho intramolecular Hbond substituents is 1. The molecule has 0 saturated carbocycles. The summed E-state index contributed by atoms with van der Waals surface area (Å²) in [4.78, 5) is 18.9. The summed E-state index contributed by atoms with van der Waals surface area (Å²) in [6.45, 7) is 0.482. The van der Waals surface area contributed by atoms with E-state index in [1.54, 1.807) is 41.3 Å². The molecule has 5 rings (SSSR count). The fourth-order valence-corrected chi connectivity index (χ4v) is 5.40. The zero-order valence-corrected chi connectivity index (χ0v) is 18.8. The number of carbonyl (C=O) groups is 1. The lowest BCUT2D eigenvalue weighted by Gasteiger charge is -2.25. The van der Waals surface area contributed by atoms with Crippen molar-refractivity contribution in [3.05, 3.63) is 101 Å². The Labute approximate surface area is 196 Å². The van der Waals surface area contributed by atoms with Gasteiger partial charge in [-0.2, -0.15) is 5.10 Å². The smallest absolute Gasteiger partial charge is 0.257 e. The van der Waals surface area contributed by atoms with Crippen LogP contribution in [0.4, 0.5) is 0 Å². The first kappa shape index (κ1) is 21.4. The van der Waals surface area contributed by atoms with Gasteiger partial charge in [-0.05, 0) is 35.7 Å². The van der Waals surface area contributed by atoms with Gasteiger partial charge in [0.05, 0.1) is 17.0 Å². The zero-order chi connectivity index (χ0) is 22.8. The Kier molecular flexibility index (Phi) is 5.98. The van der Waals surface area contributed by atoms with Gasteiger partial charge in [-0.1, -0.05) is 48.5 Å². The number of aromatic hydroxyl groups is 1. The minimum absolute atomic E-state index is 0.0617. The fourth-order valence-electron chi connectivity index (χ4n) is 4.23. The average molecular weight is 457 g/mol. The van der Waals surface area contributed by atoms with Crippen molar-refractivity contribution in [2.24, 2.45) is 10.8 Å². The van der Waals surface area contributed by atoms with Gasteiger partial charge < -0.3 is 10.8 Å². The van der Waals surface area contributed by atoms with E-state index in [-0.39, 0.29) is 22.9 Å². The molecule has 2 aliphatic heterocycles. The van der Waals surface area contributed by atoms with Crippen molar-refractivity contribution < 1.29 is 9.90 Å². The van der Waals surface area contributed by atoms with Crippen LogP contribution in [-0.4, -0.2) is 32.0 Å². The van der Waals surface area contributed by atoms with Gasteiger partial charge in [0.25, 0.3) is 5.91 Å². The van der Waals surface area contributed by atoms with Gasteiger partial charge in [-0.25, -0.2) is 5.01 Å². The molecule has 3 heterocycles. The maximum atomic E-state index is 13.7. The maximum Gasteiger partial charge on any atom is 0.257 e. The molecule has 0 saturated heterocycles. The van der Waals surface area contributed by atoms with Crippen LogP contribution in [0.5, 0.6) is 5.75 Å². The van der Waals surface area contributed by atoms with Gasteiger partial charge >= 0.3 is 0 Å². The molecule has 6 nitrogen and oxygen atoms in total. The molecule has 0 aliphatic carbocycles. The highest BCUT2D eigenvalue weighted by Gasteiger charge is 2.39. The number of nitrogens with zero attached hydrogens (tertiary/aromatic N) is 3. The number of carbonyl (C=O) groups excluding carboxylic acids is 1. The van der Waals surface area contributed by atoms with Gasteiger partial charge in [0, 0.05) is 41.4 Å². The maximum absolute atomic E-state index is 13.7. The van der Waals surface area contributed by atoms with E-state index in [2.05, 4.69) is 17.1 Å². The van der Waals surface area contributed by atoms with Gasteiger partial charge in [-0.15, -0.1) is 11.8 Å². The summed E-state index contributed by atoms with van der Waals surface area (Å²) in [6, 6.07) is 18.7. The van der Waals surface area contributed by atoms with Crippen molar-refractivity contribution in [2.75, 3.05) is 0 Å². The molecule has 3 N–H and O–H groups in total. The first-order chi connectivity index (χ1) is 16.1. The molecule has 0 bridgehead atoms. The Morgan fingerprint density at radius 2 is 1.97 bits per heavy atom. The number of phenols is 1. The Morgan fingerprint density at radius 3 is 2.76 bits per heavy atom. The molecule has 2 aliphatic rings. The lowest BCUT2D eigenvalue weighted by atomic mass is 9.98. The number of hydrogen-bond acceptors (Lipinski definition) is 6. The second kappa shape index (κ2) is 9.21. The number of aromatic nitrogens is 1. The molecule has 1 aromatic heterocycles. The molecule has 2 aromatic carbocycles. The molecule has 0 radical (unpaired) electrons. The predicted octanol–water partition coefficient (Wildman–Crippen LogP) is 4.47. The lowest BCUT2D eigenvalue weighted by Crippen LogP contribution is -2.33. The van der Waals surface area contributed by atoms with Crippen molar-refractivity contribution >= 4 is 28.3 Å². The number of benzene rings is 2. The number of thioether (sulfide) groups is 1. The number of allylic oxidation sites excluding steroid dienone is 1. The number of amides is 1. The van der Waals surface area contributed by atoms with Crippen molar-refractivity contribution in [1.29, 1.82) is 0 Å². The highest BCUT2D eigenvalue weighted by Crippen LogP contribution is 2.43. The van der Waals surface area contributed by atoms with E-state index in [0.717, 1.165) is 27.3 Å². The van der Waals surface area contributed by atoms with Crippen molar-refractivity contribution in [3.8, 4) is 5.75 Å². The monoisotopic (exact) mass is 456 g/mol. The summed E-state index contributed by atoms with van der Waals surface area (Å²) in [5, 5.41) is 16.5. The van der Waals surface area contributed by atoms with Crippen LogP contribution in [-0.2, 0) is 11.3 Å². The largest absolute Gasteiger partial charge is 0.508 e. The van der Waals surface area contributed by atoms with Crippen molar-refractivity contribution in [2.45, 2.75) is 30.7 Å². The van der Waals surface area contributed by atoms with E-state index in [1.165, 1.54) is 0 Å². The zero-order valence-electron chi connectivity index (χ0n) is 18.0. The molecule has 33 heavy (non-hydrogen) atoms. The highest BCUT2D eigenvalue weighted by atomic mass is 32.2. The first-order valence-electron chi connectivity index (χ1n) is 10.9. The third-order valence-corrected chi connectivity index (χ3v) is 7.27. The third kappa shape index (κ3) is 4.29. The Hall–Kier alpha value is -3.42. The Balaban J connectivity index is 1.42. The quantitative estimate of drug-likeness (QED) is 0.591. The van der Waals surface area contributed by atoms with Crippen LogP contribution in [0.25, 0.3) is 4.91 Å². The number of pyridine rings is 1. The summed E-state index contributed by atoms with van der Waals surface area (Å²) in [7, 11) is 0. The summed E-state index contributed by atoms with van der Waals surface area (Å²) in [6.07, 6.45) is 6.73. The van der Waals surface area contributed by atoms with E-state index < -0.39 is 0 Å². The summed E-state index contributed by atoms with van der Waals surface area (Å²) in [5.74, 6) is 0.104. The van der Waals surface area contributed by atoms with Gasteiger partial charge in [0.15, 0.2) is 0 Å². The van der Waals surface area contributed by atoms with Gasteiger partial charge in [-0.3, -0.25) is 9.78 Å². The molecular weight excluding hydrogens is 432 g/mol. The van der Waals surface area contributed by atoms with Crippen LogP contribution in [0.1, 0.15) is 41.1 Å². The second-order valence-electron chi connectivity index (χ2n) is 8.07. The van der Waals surface area contributed by atoms with Crippen LogP contribution in [0.15, 0.2) is 84.2 Å². The SMILES string of the molecule is NCc1cccc(C2=CCC(C(=O)N3N=C(c4cccnc4)CC3c3ccccc3O)S2)c1. The third-order valence-electron chi connectivity index (χ3n) is 5.94. The Bertz CT molecular complexity index is 1240. The molecular formula is C26H24N4O2S. The minimum Gasteiger partial charge on any atom is -0.508 e. The van der Waals surface area contributed by atoms with Gasteiger partial charge in [0.2, 0.25) is 0 Å². The standard InChI is InChI=1S/C26H24N4O2S/c27-15-17-5-3-6-18(13-17)24-10-11-25(33-24)26(32)30-22(20-8-1-2-9-23(20)31)14-21(29-30)19-7-4-12-28-16-19/h1-10,12-13,16,22,25,31H,11,14-15,27H2. The topological polar surface area (TPSA) is 91.8 Å². The van der Waals surface area contributed by atoms with Crippen molar-refractivity contribution in [3.63, 3.8) is 0 Å². The molecule has 166 valence electrons. The van der Waals surface area contributed by atoms with Crippen LogP contribution in [0.3, 0.4) is 0 Å². The minimum atomic E-state index is -0.362. The summed E-state index contributed by atoms with van der Waals surface area (Å²) in [5.41, 5.74) is 10.3. The van der Waals surface area contributed by atoms with Crippen LogP contribution in [0, 0.1) is 0 Å². The number of hydrazone groups is 1. The van der Waals surface area contributed by atoms with E-state index in [0.29, 0.717) is 24.9 Å². The van der Waals surface area contributed by atoms with Crippen LogP contribution < -0.4 is 5.73 Å². The fraction of sp³-hybridized carbons (Fsp3) is 0.192. The average Bonchev–Trinajstić information content (AvgIpc) is 3.53. The number of rotatable bonds is 5. The number of para-hydroxylation sites is 1.